The molecule has 2 N–H and O–H groups in total. The van der Waals surface area contributed by atoms with Gasteiger partial charge >= 0.3 is 0 Å². The molecule has 0 bridgehead atoms. The molecular formula is C20H41NO3. The van der Waals surface area contributed by atoms with Crippen LogP contribution in [0.2, 0.25) is 0 Å². The van der Waals surface area contributed by atoms with Crippen LogP contribution in [-0.2, 0) is 4.79 Å². The first-order valence-corrected chi connectivity index (χ1v) is 10.1. The van der Waals surface area contributed by atoms with Crippen molar-refractivity contribution in [1.29, 1.82) is 0 Å². The average Bonchev–Trinajstić information content (AvgIpc) is 2.56. The topological polar surface area (TPSA) is 60.8 Å². The Morgan fingerprint density at radius 3 is 1.46 bits per heavy atom. The first-order valence-electron chi connectivity index (χ1n) is 10.1. The van der Waals surface area contributed by atoms with Gasteiger partial charge in [-0.15, -0.1) is 0 Å². The monoisotopic (exact) mass is 343 g/mol. The third-order valence-corrected chi connectivity index (χ3v) is 4.62. The summed E-state index contributed by atoms with van der Waals surface area (Å²) in [6.07, 6.45) is 17.2. The van der Waals surface area contributed by atoms with Crippen molar-refractivity contribution in [1.82, 2.24) is 4.90 Å². The molecule has 24 heavy (non-hydrogen) atoms. The molecule has 0 atom stereocenters. The second-order valence-electron chi connectivity index (χ2n) is 7.39. The first-order chi connectivity index (χ1) is 11.6. The fourth-order valence-electron chi connectivity index (χ4n) is 2.96. The highest BCUT2D eigenvalue weighted by atomic mass is 16.3. The van der Waals surface area contributed by atoms with E-state index in [0.717, 1.165) is 23.7 Å². The highest BCUT2D eigenvalue weighted by Gasteiger charge is 2.09. The predicted octanol–water partition coefficient (Wildman–Crippen LogP) is 4.83. The Labute approximate surface area is 149 Å². The summed E-state index contributed by atoms with van der Waals surface area (Å²) in [7, 11) is 0. The van der Waals surface area contributed by atoms with E-state index in [9.17, 15) is 4.79 Å². The summed E-state index contributed by atoms with van der Waals surface area (Å²) >= 11 is 0. The van der Waals surface area contributed by atoms with Crippen LogP contribution in [0.5, 0.6) is 0 Å². The van der Waals surface area contributed by atoms with Crippen LogP contribution < -0.4 is 0 Å². The lowest BCUT2D eigenvalue weighted by Crippen LogP contribution is -2.32. The third kappa shape index (κ3) is 14.9. The van der Waals surface area contributed by atoms with Gasteiger partial charge in [0.25, 0.3) is 0 Å². The number of carbonyl (C=O) groups excluding carboxylic acids is 1. The summed E-state index contributed by atoms with van der Waals surface area (Å²) in [6, 6.07) is 0. The van der Waals surface area contributed by atoms with Crippen LogP contribution in [0.25, 0.3) is 0 Å². The molecule has 144 valence electrons. The van der Waals surface area contributed by atoms with E-state index >= 15 is 0 Å². The maximum atomic E-state index is 11.5. The minimum absolute atomic E-state index is 0.159. The second kappa shape index (κ2) is 17.2. The molecule has 0 aromatic carbocycles. The number of aliphatic hydroxyl groups excluding tert-OH is 2. The van der Waals surface area contributed by atoms with Crippen molar-refractivity contribution in [3.63, 3.8) is 0 Å². The first kappa shape index (κ1) is 23.4. The molecule has 4 nitrogen and oxygen atoms in total. The molecule has 0 aromatic rings. The van der Waals surface area contributed by atoms with Gasteiger partial charge in [0.2, 0.25) is 5.91 Å². The van der Waals surface area contributed by atoms with Crippen LogP contribution in [0.4, 0.5) is 0 Å². The SMILES string of the molecule is CC(C)CCCCCCCCCCCCCCC(=O)N(CO)CO. The molecule has 0 spiro atoms. The summed E-state index contributed by atoms with van der Waals surface area (Å²) in [5.74, 6) is 0.694. The van der Waals surface area contributed by atoms with Crippen molar-refractivity contribution in [2.45, 2.75) is 104 Å². The van der Waals surface area contributed by atoms with Gasteiger partial charge in [-0.2, -0.15) is 0 Å². The molecule has 0 heterocycles. The highest BCUT2D eigenvalue weighted by Crippen LogP contribution is 2.14. The van der Waals surface area contributed by atoms with Crippen molar-refractivity contribution in [2.24, 2.45) is 5.92 Å². The molecule has 0 fully saturated rings. The Balaban J connectivity index is 3.19. The largest absolute Gasteiger partial charge is 0.376 e. The van der Waals surface area contributed by atoms with Gasteiger partial charge in [0, 0.05) is 6.42 Å². The van der Waals surface area contributed by atoms with Crippen molar-refractivity contribution < 1.29 is 15.0 Å². The number of amides is 1. The molecule has 0 radical (unpaired) electrons. The van der Waals surface area contributed by atoms with Gasteiger partial charge < -0.3 is 10.2 Å². The lowest BCUT2D eigenvalue weighted by Gasteiger charge is -2.16. The second-order valence-corrected chi connectivity index (χ2v) is 7.39. The van der Waals surface area contributed by atoms with Gasteiger partial charge in [-0.05, 0) is 12.3 Å². The van der Waals surface area contributed by atoms with E-state index in [0.29, 0.717) is 6.42 Å². The standard InChI is InChI=1S/C20H41NO3/c1-19(2)15-13-11-9-7-5-3-4-6-8-10-12-14-16-20(24)21(17-22)18-23/h19,22-23H,3-18H2,1-2H3. The molecule has 0 aliphatic carbocycles. The van der Waals surface area contributed by atoms with Gasteiger partial charge in [-0.3, -0.25) is 9.69 Å². The Morgan fingerprint density at radius 2 is 1.08 bits per heavy atom. The summed E-state index contributed by atoms with van der Waals surface area (Å²) in [5.41, 5.74) is 0. The number of aliphatic hydroxyl groups is 2. The van der Waals surface area contributed by atoms with Gasteiger partial charge in [-0.1, -0.05) is 90.9 Å². The molecular weight excluding hydrogens is 302 g/mol. The van der Waals surface area contributed by atoms with Crippen LogP contribution in [-0.4, -0.2) is 34.5 Å². The van der Waals surface area contributed by atoms with E-state index < -0.39 is 13.5 Å². The van der Waals surface area contributed by atoms with E-state index in [1.807, 2.05) is 0 Å². The van der Waals surface area contributed by atoms with Gasteiger partial charge in [-0.25, -0.2) is 0 Å². The van der Waals surface area contributed by atoms with E-state index in [4.69, 9.17) is 10.2 Å². The Morgan fingerprint density at radius 1 is 0.708 bits per heavy atom. The van der Waals surface area contributed by atoms with Crippen LogP contribution in [0.1, 0.15) is 104 Å². The zero-order valence-corrected chi connectivity index (χ0v) is 16.1. The lowest BCUT2D eigenvalue weighted by atomic mass is 10.0. The van der Waals surface area contributed by atoms with Crippen molar-refractivity contribution in [3.05, 3.63) is 0 Å². The number of nitrogens with zero attached hydrogens (tertiary/aromatic N) is 1. The smallest absolute Gasteiger partial charge is 0.226 e. The van der Waals surface area contributed by atoms with Gasteiger partial charge in [0.05, 0.1) is 0 Å². The maximum absolute atomic E-state index is 11.5. The molecule has 0 aliphatic heterocycles. The Hall–Kier alpha value is -0.610. The normalized spacial score (nSPS) is 11.2. The minimum atomic E-state index is -0.396. The fourth-order valence-corrected chi connectivity index (χ4v) is 2.96. The molecule has 0 saturated heterocycles. The number of rotatable bonds is 17. The van der Waals surface area contributed by atoms with Crippen molar-refractivity contribution in [2.75, 3.05) is 13.5 Å². The Bertz CT molecular complexity index is 278. The predicted molar refractivity (Wildman–Crippen MR) is 100 cm³/mol. The number of unbranched alkanes of at least 4 members (excludes halogenated alkanes) is 11. The molecule has 0 saturated carbocycles. The van der Waals surface area contributed by atoms with Gasteiger partial charge in [0.15, 0.2) is 0 Å². The number of hydrogen-bond donors (Lipinski definition) is 2. The van der Waals surface area contributed by atoms with Gasteiger partial charge in [0.1, 0.15) is 13.5 Å². The van der Waals surface area contributed by atoms with E-state index in [1.165, 1.54) is 70.6 Å². The van der Waals surface area contributed by atoms with E-state index in [1.54, 1.807) is 0 Å². The van der Waals surface area contributed by atoms with Crippen molar-refractivity contribution >= 4 is 5.91 Å². The summed E-state index contributed by atoms with van der Waals surface area (Å²) in [6.45, 7) is 3.81. The molecule has 4 heteroatoms. The molecule has 0 rings (SSSR count). The van der Waals surface area contributed by atoms with Crippen molar-refractivity contribution in [3.8, 4) is 0 Å². The third-order valence-electron chi connectivity index (χ3n) is 4.62. The van der Waals surface area contributed by atoms with E-state index in [-0.39, 0.29) is 5.91 Å². The zero-order chi connectivity index (χ0) is 18.0. The highest BCUT2D eigenvalue weighted by molar-refractivity contribution is 5.75. The molecule has 1 amide bonds. The van der Waals surface area contributed by atoms with Crippen LogP contribution >= 0.6 is 0 Å². The molecule has 0 aromatic heterocycles. The average molecular weight is 344 g/mol. The van der Waals surface area contributed by atoms with Crippen LogP contribution in [0, 0.1) is 5.92 Å². The maximum Gasteiger partial charge on any atom is 0.226 e. The summed E-state index contributed by atoms with van der Waals surface area (Å²) in [5, 5.41) is 17.7. The zero-order valence-electron chi connectivity index (χ0n) is 16.1. The summed E-state index contributed by atoms with van der Waals surface area (Å²) in [4.78, 5) is 12.6. The fraction of sp³-hybridized carbons (Fsp3) is 0.950. The quantitative estimate of drug-likeness (QED) is 0.294. The number of hydrogen-bond acceptors (Lipinski definition) is 3. The molecule has 0 unspecified atom stereocenters. The van der Waals surface area contributed by atoms with E-state index in [2.05, 4.69) is 13.8 Å². The molecule has 0 aliphatic rings. The summed E-state index contributed by atoms with van der Waals surface area (Å²) < 4.78 is 0. The minimum Gasteiger partial charge on any atom is -0.376 e. The van der Waals surface area contributed by atoms with Crippen LogP contribution in [0.15, 0.2) is 0 Å². The lowest BCUT2D eigenvalue weighted by molar-refractivity contribution is -0.139. The number of carbonyl (C=O) groups is 1. The van der Waals surface area contributed by atoms with Crippen LogP contribution in [0.3, 0.4) is 0 Å². The Kier molecular flexibility index (Phi) is 16.8.